The third-order valence-corrected chi connectivity index (χ3v) is 3.29. The number of unbranched alkanes of at least 4 members (excludes halogenated alkanes) is 1. The van der Waals surface area contributed by atoms with Gasteiger partial charge in [0.15, 0.2) is 0 Å². The van der Waals surface area contributed by atoms with Gasteiger partial charge in [-0.15, -0.1) is 0 Å². The standard InChI is InChI=1S/C15H16Cl2N2O/c1-2-3-8-20-15(10-19-7-6-18-11-19)13-5-4-12(16)9-14(13)17/h4-7,9-11H,2-3,8H2,1H3. The van der Waals surface area contributed by atoms with Crippen LogP contribution in [0, 0.1) is 0 Å². The minimum absolute atomic E-state index is 0.570. The van der Waals surface area contributed by atoms with Crippen LogP contribution in [-0.2, 0) is 4.74 Å². The van der Waals surface area contributed by atoms with Gasteiger partial charge < -0.3 is 9.30 Å². The molecule has 0 fully saturated rings. The summed E-state index contributed by atoms with van der Waals surface area (Å²) in [6, 6.07) is 5.37. The van der Waals surface area contributed by atoms with Gasteiger partial charge in [-0.2, -0.15) is 0 Å². The maximum Gasteiger partial charge on any atom is 0.144 e. The molecule has 0 saturated heterocycles. The molecule has 106 valence electrons. The smallest absolute Gasteiger partial charge is 0.144 e. The molecule has 1 heterocycles. The Kier molecular flexibility index (Phi) is 5.50. The predicted molar refractivity (Wildman–Crippen MR) is 83.7 cm³/mol. The summed E-state index contributed by atoms with van der Waals surface area (Å²) in [5.74, 6) is 0.707. The zero-order valence-corrected chi connectivity index (χ0v) is 12.7. The molecule has 1 aromatic carbocycles. The predicted octanol–water partition coefficient (Wildman–Crippen LogP) is 4.96. The minimum atomic E-state index is 0.570. The molecule has 0 N–H and O–H groups in total. The van der Waals surface area contributed by atoms with Crippen LogP contribution in [-0.4, -0.2) is 16.2 Å². The molecule has 0 amide bonds. The van der Waals surface area contributed by atoms with Crippen LogP contribution in [0.5, 0.6) is 0 Å². The number of rotatable bonds is 6. The Balaban J connectivity index is 2.30. The van der Waals surface area contributed by atoms with Crippen molar-refractivity contribution >= 4 is 35.2 Å². The van der Waals surface area contributed by atoms with E-state index in [-0.39, 0.29) is 0 Å². The Morgan fingerprint density at radius 3 is 2.90 bits per heavy atom. The number of ether oxygens (including phenoxy) is 1. The first-order valence-corrected chi connectivity index (χ1v) is 7.23. The van der Waals surface area contributed by atoms with Gasteiger partial charge in [-0.3, -0.25) is 0 Å². The largest absolute Gasteiger partial charge is 0.491 e. The van der Waals surface area contributed by atoms with E-state index in [1.54, 1.807) is 24.7 Å². The zero-order chi connectivity index (χ0) is 14.4. The van der Waals surface area contributed by atoms with Crippen molar-refractivity contribution in [3.05, 3.63) is 52.5 Å². The number of nitrogens with zero attached hydrogens (tertiary/aromatic N) is 2. The second-order valence-electron chi connectivity index (χ2n) is 4.33. The fourth-order valence-corrected chi connectivity index (χ4v) is 2.18. The first kappa shape index (κ1) is 14.9. The van der Waals surface area contributed by atoms with Crippen LogP contribution in [0.25, 0.3) is 12.0 Å². The van der Waals surface area contributed by atoms with Gasteiger partial charge in [0, 0.05) is 23.0 Å². The Hall–Kier alpha value is -1.45. The minimum Gasteiger partial charge on any atom is -0.491 e. The van der Waals surface area contributed by atoms with E-state index in [0.717, 1.165) is 18.4 Å². The molecule has 2 rings (SSSR count). The van der Waals surface area contributed by atoms with Crippen LogP contribution in [0.2, 0.25) is 10.0 Å². The van der Waals surface area contributed by atoms with Crippen LogP contribution in [0.1, 0.15) is 25.3 Å². The normalized spacial score (nSPS) is 11.7. The molecule has 2 aromatic rings. The van der Waals surface area contributed by atoms with Crippen LogP contribution < -0.4 is 0 Å². The number of hydrogen-bond acceptors (Lipinski definition) is 2. The lowest BCUT2D eigenvalue weighted by molar-refractivity contribution is 0.271. The van der Waals surface area contributed by atoms with Gasteiger partial charge in [0.1, 0.15) is 5.76 Å². The first-order chi connectivity index (χ1) is 9.70. The molecule has 0 aliphatic rings. The molecule has 0 bridgehead atoms. The Morgan fingerprint density at radius 1 is 1.40 bits per heavy atom. The van der Waals surface area contributed by atoms with Crippen molar-refractivity contribution in [3.63, 3.8) is 0 Å². The quantitative estimate of drug-likeness (QED) is 0.557. The number of halogens is 2. The SMILES string of the molecule is CCCCOC(=Cn1ccnc1)c1ccc(Cl)cc1Cl. The summed E-state index contributed by atoms with van der Waals surface area (Å²) in [5.41, 5.74) is 0.820. The summed E-state index contributed by atoms with van der Waals surface area (Å²) in [6.45, 7) is 2.77. The fourth-order valence-electron chi connectivity index (χ4n) is 1.68. The van der Waals surface area contributed by atoms with E-state index in [2.05, 4.69) is 11.9 Å². The lowest BCUT2D eigenvalue weighted by Crippen LogP contribution is -1.97. The summed E-state index contributed by atoms with van der Waals surface area (Å²) < 4.78 is 7.67. The molecular weight excluding hydrogens is 295 g/mol. The lowest BCUT2D eigenvalue weighted by atomic mass is 10.2. The van der Waals surface area contributed by atoms with E-state index in [1.165, 1.54) is 0 Å². The molecular formula is C15H16Cl2N2O. The second kappa shape index (κ2) is 7.36. The maximum absolute atomic E-state index is 6.25. The highest BCUT2D eigenvalue weighted by Gasteiger charge is 2.09. The number of imidazole rings is 1. The van der Waals surface area contributed by atoms with Gasteiger partial charge >= 0.3 is 0 Å². The van der Waals surface area contributed by atoms with E-state index in [9.17, 15) is 0 Å². The Labute approximate surface area is 128 Å². The number of aromatic nitrogens is 2. The molecule has 0 unspecified atom stereocenters. The lowest BCUT2D eigenvalue weighted by Gasteiger charge is -2.12. The van der Waals surface area contributed by atoms with Crippen LogP contribution in [0.15, 0.2) is 36.9 Å². The monoisotopic (exact) mass is 310 g/mol. The van der Waals surface area contributed by atoms with Gasteiger partial charge in [-0.05, 0) is 24.6 Å². The Morgan fingerprint density at radius 2 is 2.25 bits per heavy atom. The zero-order valence-electron chi connectivity index (χ0n) is 11.2. The van der Waals surface area contributed by atoms with Crippen molar-refractivity contribution in [3.8, 4) is 0 Å². The van der Waals surface area contributed by atoms with Crippen LogP contribution in [0.4, 0.5) is 0 Å². The number of benzene rings is 1. The van der Waals surface area contributed by atoms with Crippen molar-refractivity contribution in [2.75, 3.05) is 6.61 Å². The molecule has 20 heavy (non-hydrogen) atoms. The maximum atomic E-state index is 6.25. The summed E-state index contributed by atoms with van der Waals surface area (Å²) in [5, 5.41) is 1.18. The van der Waals surface area contributed by atoms with E-state index < -0.39 is 0 Å². The molecule has 0 saturated carbocycles. The molecule has 3 nitrogen and oxygen atoms in total. The highest BCUT2D eigenvalue weighted by molar-refractivity contribution is 6.35. The van der Waals surface area contributed by atoms with Crippen molar-refractivity contribution in [1.82, 2.24) is 9.55 Å². The van der Waals surface area contributed by atoms with Gasteiger partial charge in [0.05, 0.1) is 24.2 Å². The van der Waals surface area contributed by atoms with E-state index in [4.69, 9.17) is 27.9 Å². The molecule has 0 aliphatic carbocycles. The highest BCUT2D eigenvalue weighted by Crippen LogP contribution is 2.28. The molecule has 0 atom stereocenters. The van der Waals surface area contributed by atoms with E-state index in [0.29, 0.717) is 22.4 Å². The third kappa shape index (κ3) is 4.02. The molecule has 0 aliphatic heterocycles. The third-order valence-electron chi connectivity index (χ3n) is 2.74. The molecule has 5 heteroatoms. The van der Waals surface area contributed by atoms with E-state index in [1.807, 2.05) is 23.0 Å². The van der Waals surface area contributed by atoms with Gasteiger partial charge in [0.25, 0.3) is 0 Å². The summed E-state index contributed by atoms with van der Waals surface area (Å²) in [4.78, 5) is 4.01. The molecule has 0 radical (unpaired) electrons. The highest BCUT2D eigenvalue weighted by atomic mass is 35.5. The first-order valence-electron chi connectivity index (χ1n) is 6.48. The fraction of sp³-hybridized carbons (Fsp3) is 0.267. The van der Waals surface area contributed by atoms with Gasteiger partial charge in [0.2, 0.25) is 0 Å². The average molecular weight is 311 g/mol. The van der Waals surface area contributed by atoms with Crippen molar-refractivity contribution in [1.29, 1.82) is 0 Å². The Bertz CT molecular complexity index is 580. The molecule has 1 aromatic heterocycles. The van der Waals surface area contributed by atoms with Crippen molar-refractivity contribution < 1.29 is 4.74 Å². The molecule has 0 spiro atoms. The summed E-state index contributed by atoms with van der Waals surface area (Å²) >= 11 is 12.2. The van der Waals surface area contributed by atoms with Crippen molar-refractivity contribution in [2.45, 2.75) is 19.8 Å². The summed E-state index contributed by atoms with van der Waals surface area (Å²) in [6.07, 6.45) is 9.18. The average Bonchev–Trinajstić information content (AvgIpc) is 2.91. The van der Waals surface area contributed by atoms with Gasteiger partial charge in [-0.25, -0.2) is 4.98 Å². The van der Waals surface area contributed by atoms with Crippen molar-refractivity contribution in [2.24, 2.45) is 0 Å². The topological polar surface area (TPSA) is 27.1 Å². The van der Waals surface area contributed by atoms with Gasteiger partial charge in [-0.1, -0.05) is 36.5 Å². The van der Waals surface area contributed by atoms with E-state index >= 15 is 0 Å². The van der Waals surface area contributed by atoms with Crippen LogP contribution >= 0.6 is 23.2 Å². The summed E-state index contributed by atoms with van der Waals surface area (Å²) in [7, 11) is 0. The second-order valence-corrected chi connectivity index (χ2v) is 5.17. The number of hydrogen-bond donors (Lipinski definition) is 0. The van der Waals surface area contributed by atoms with Crippen LogP contribution in [0.3, 0.4) is 0 Å².